The zero-order chi connectivity index (χ0) is 20.9. The van der Waals surface area contributed by atoms with E-state index in [1.807, 2.05) is 42.6 Å². The fraction of sp³-hybridized carbons (Fsp3) is 0.125. The molecule has 2 aromatic carbocycles. The number of aromatic nitrogens is 2. The highest BCUT2D eigenvalue weighted by atomic mass is 16.5. The Morgan fingerprint density at radius 2 is 1.97 bits per heavy atom. The van der Waals surface area contributed by atoms with E-state index in [1.165, 1.54) is 7.11 Å². The Bertz CT molecular complexity index is 1210. The maximum atomic E-state index is 11.8. The van der Waals surface area contributed by atoms with Crippen LogP contribution in [0.4, 0.5) is 5.69 Å². The van der Waals surface area contributed by atoms with Crippen LogP contribution >= 0.6 is 0 Å². The second-order valence-electron chi connectivity index (χ2n) is 6.74. The second-order valence-corrected chi connectivity index (χ2v) is 6.74. The van der Waals surface area contributed by atoms with Crippen molar-refractivity contribution in [1.29, 1.82) is 0 Å². The van der Waals surface area contributed by atoms with Crippen LogP contribution in [0, 0.1) is 0 Å². The summed E-state index contributed by atoms with van der Waals surface area (Å²) in [4.78, 5) is 20.6. The third kappa shape index (κ3) is 4.07. The van der Waals surface area contributed by atoms with Gasteiger partial charge in [0.15, 0.2) is 0 Å². The van der Waals surface area contributed by atoms with Gasteiger partial charge in [-0.3, -0.25) is 4.99 Å². The minimum absolute atomic E-state index is 0.338. The number of nitrogens with zero attached hydrogens (tertiary/aromatic N) is 3. The van der Waals surface area contributed by atoms with Crippen molar-refractivity contribution >= 4 is 28.8 Å². The molecule has 150 valence electrons. The molecule has 0 N–H and O–H groups in total. The van der Waals surface area contributed by atoms with Gasteiger partial charge in [-0.1, -0.05) is 30.3 Å². The summed E-state index contributed by atoms with van der Waals surface area (Å²) >= 11 is 0. The van der Waals surface area contributed by atoms with E-state index in [4.69, 9.17) is 9.47 Å². The Kier molecular flexibility index (Phi) is 5.57. The van der Waals surface area contributed by atoms with E-state index in [-0.39, 0.29) is 5.97 Å². The standard InChI is InChI=1S/C24H21N3O3/c1-29-23-11-10-20(14-26-23)25-13-19-16-27(22-9-4-3-8-21(19)22)15-17-6-5-7-18(12-17)24(28)30-2/h3-14,16H,15H2,1-2H3. The largest absolute Gasteiger partial charge is 0.481 e. The van der Waals surface area contributed by atoms with Crippen LogP contribution < -0.4 is 4.74 Å². The number of pyridine rings is 1. The van der Waals surface area contributed by atoms with E-state index in [1.54, 1.807) is 25.4 Å². The Labute approximate surface area is 174 Å². The van der Waals surface area contributed by atoms with Gasteiger partial charge in [-0.25, -0.2) is 9.78 Å². The van der Waals surface area contributed by atoms with Crippen LogP contribution in [0.25, 0.3) is 10.9 Å². The van der Waals surface area contributed by atoms with Crippen molar-refractivity contribution in [3.63, 3.8) is 0 Å². The Morgan fingerprint density at radius 3 is 2.73 bits per heavy atom. The normalized spacial score (nSPS) is 11.1. The van der Waals surface area contributed by atoms with Gasteiger partial charge in [-0.05, 0) is 29.8 Å². The van der Waals surface area contributed by atoms with E-state index in [0.29, 0.717) is 18.0 Å². The second kappa shape index (κ2) is 8.61. The molecule has 2 heterocycles. The average Bonchev–Trinajstić information content (AvgIpc) is 3.15. The van der Waals surface area contributed by atoms with E-state index in [9.17, 15) is 4.79 Å². The molecule has 0 unspecified atom stereocenters. The molecule has 0 atom stereocenters. The molecule has 6 heteroatoms. The summed E-state index contributed by atoms with van der Waals surface area (Å²) in [6, 6.07) is 19.3. The van der Waals surface area contributed by atoms with Crippen molar-refractivity contribution in [2.75, 3.05) is 14.2 Å². The first-order chi connectivity index (χ1) is 14.7. The summed E-state index contributed by atoms with van der Waals surface area (Å²) in [5.41, 5.74) is 4.40. The molecule has 0 spiro atoms. The molecule has 6 nitrogen and oxygen atoms in total. The lowest BCUT2D eigenvalue weighted by atomic mass is 10.1. The first-order valence-electron chi connectivity index (χ1n) is 9.47. The summed E-state index contributed by atoms with van der Waals surface area (Å²) in [5, 5.41) is 1.10. The monoisotopic (exact) mass is 399 g/mol. The van der Waals surface area contributed by atoms with Crippen molar-refractivity contribution in [1.82, 2.24) is 9.55 Å². The minimum atomic E-state index is -0.338. The molecule has 0 aliphatic carbocycles. The number of hydrogen-bond donors (Lipinski definition) is 0. The molecular weight excluding hydrogens is 378 g/mol. The van der Waals surface area contributed by atoms with Crippen molar-refractivity contribution < 1.29 is 14.3 Å². The van der Waals surface area contributed by atoms with Gasteiger partial charge in [0.2, 0.25) is 5.88 Å². The molecule has 0 radical (unpaired) electrons. The maximum Gasteiger partial charge on any atom is 0.337 e. The highest BCUT2D eigenvalue weighted by Crippen LogP contribution is 2.23. The van der Waals surface area contributed by atoms with Gasteiger partial charge >= 0.3 is 5.97 Å². The van der Waals surface area contributed by atoms with Gasteiger partial charge in [0.25, 0.3) is 0 Å². The lowest BCUT2D eigenvalue weighted by Crippen LogP contribution is -2.03. The number of para-hydroxylation sites is 1. The summed E-state index contributed by atoms with van der Waals surface area (Å²) in [6.45, 7) is 0.628. The summed E-state index contributed by atoms with van der Waals surface area (Å²) < 4.78 is 12.1. The van der Waals surface area contributed by atoms with Crippen LogP contribution in [-0.4, -0.2) is 36.0 Å². The zero-order valence-electron chi connectivity index (χ0n) is 16.8. The highest BCUT2D eigenvalue weighted by molar-refractivity contribution is 6.00. The quantitative estimate of drug-likeness (QED) is 0.350. The number of fused-ring (bicyclic) bond motifs is 1. The molecule has 30 heavy (non-hydrogen) atoms. The number of carbonyl (C=O) groups excluding carboxylic acids is 1. The molecule has 0 amide bonds. The molecule has 4 rings (SSSR count). The predicted octanol–water partition coefficient (Wildman–Crippen LogP) is 4.63. The predicted molar refractivity (Wildman–Crippen MR) is 117 cm³/mol. The number of esters is 1. The summed E-state index contributed by atoms with van der Waals surface area (Å²) in [7, 11) is 2.97. The molecule has 0 fully saturated rings. The van der Waals surface area contributed by atoms with Crippen LogP contribution in [0.1, 0.15) is 21.5 Å². The van der Waals surface area contributed by atoms with Crippen LogP contribution in [0.3, 0.4) is 0 Å². The van der Waals surface area contributed by atoms with Crippen LogP contribution in [0.5, 0.6) is 5.88 Å². The van der Waals surface area contributed by atoms with Gasteiger partial charge in [-0.15, -0.1) is 0 Å². The molecular formula is C24H21N3O3. The molecule has 0 saturated carbocycles. The van der Waals surface area contributed by atoms with E-state index < -0.39 is 0 Å². The fourth-order valence-corrected chi connectivity index (χ4v) is 3.33. The first kappa shape index (κ1) is 19.4. The van der Waals surface area contributed by atoms with E-state index >= 15 is 0 Å². The van der Waals surface area contributed by atoms with Crippen molar-refractivity contribution in [3.8, 4) is 5.88 Å². The number of methoxy groups -OCH3 is 2. The highest BCUT2D eigenvalue weighted by Gasteiger charge is 2.09. The molecule has 2 aromatic heterocycles. The molecule has 0 bridgehead atoms. The van der Waals surface area contributed by atoms with Crippen LogP contribution in [-0.2, 0) is 11.3 Å². The van der Waals surface area contributed by atoms with Gasteiger partial charge in [0.1, 0.15) is 0 Å². The van der Waals surface area contributed by atoms with Crippen molar-refractivity contribution in [2.24, 2.45) is 4.99 Å². The molecule has 0 aliphatic rings. The smallest absolute Gasteiger partial charge is 0.337 e. The topological polar surface area (TPSA) is 65.7 Å². The molecule has 0 saturated heterocycles. The Balaban J connectivity index is 1.65. The SMILES string of the molecule is COC(=O)c1cccc(Cn2cc(C=Nc3ccc(OC)nc3)c3ccccc32)c1. The Hall–Kier alpha value is -3.93. The van der Waals surface area contributed by atoms with Gasteiger partial charge in [0.05, 0.1) is 31.7 Å². The number of aliphatic imine (C=N–C) groups is 1. The number of ether oxygens (including phenoxy) is 2. The fourth-order valence-electron chi connectivity index (χ4n) is 3.33. The minimum Gasteiger partial charge on any atom is -0.481 e. The molecule has 0 aliphatic heterocycles. The number of hydrogen-bond acceptors (Lipinski definition) is 5. The van der Waals surface area contributed by atoms with Crippen molar-refractivity contribution in [3.05, 3.63) is 89.7 Å². The number of benzene rings is 2. The third-order valence-electron chi connectivity index (χ3n) is 4.80. The summed E-state index contributed by atoms with van der Waals surface area (Å²) in [6.07, 6.45) is 5.58. The number of carbonyl (C=O) groups is 1. The Morgan fingerprint density at radius 1 is 1.10 bits per heavy atom. The summed E-state index contributed by atoms with van der Waals surface area (Å²) in [5.74, 6) is 0.217. The van der Waals surface area contributed by atoms with Crippen molar-refractivity contribution in [2.45, 2.75) is 6.54 Å². The van der Waals surface area contributed by atoms with Crippen LogP contribution in [0.2, 0.25) is 0 Å². The van der Waals surface area contributed by atoms with Gasteiger partial charge in [0, 0.05) is 41.5 Å². The first-order valence-corrected chi connectivity index (χ1v) is 9.47. The maximum absolute atomic E-state index is 11.8. The third-order valence-corrected chi connectivity index (χ3v) is 4.80. The lowest BCUT2D eigenvalue weighted by Gasteiger charge is -2.07. The lowest BCUT2D eigenvalue weighted by molar-refractivity contribution is 0.0600. The zero-order valence-corrected chi connectivity index (χ0v) is 16.8. The van der Waals surface area contributed by atoms with Gasteiger partial charge < -0.3 is 14.0 Å². The van der Waals surface area contributed by atoms with Gasteiger partial charge in [-0.2, -0.15) is 0 Å². The van der Waals surface area contributed by atoms with E-state index in [2.05, 4.69) is 32.9 Å². The number of rotatable bonds is 6. The molecule has 4 aromatic rings. The van der Waals surface area contributed by atoms with Crippen LogP contribution in [0.15, 0.2) is 78.0 Å². The average molecular weight is 399 g/mol. The van der Waals surface area contributed by atoms with E-state index in [0.717, 1.165) is 27.7 Å².